The van der Waals surface area contributed by atoms with E-state index in [1.54, 1.807) is 6.07 Å². The molecular formula is C14H18FNO2. The summed E-state index contributed by atoms with van der Waals surface area (Å²) in [5.41, 5.74) is 0.278. The average Bonchev–Trinajstić information content (AvgIpc) is 2.75. The smallest absolute Gasteiger partial charge is 0.252 e. The van der Waals surface area contributed by atoms with Crippen molar-refractivity contribution in [2.24, 2.45) is 5.41 Å². The summed E-state index contributed by atoms with van der Waals surface area (Å²) >= 11 is 0. The van der Waals surface area contributed by atoms with Gasteiger partial charge in [-0.05, 0) is 17.7 Å². The Labute approximate surface area is 106 Å². The van der Waals surface area contributed by atoms with Gasteiger partial charge in [-0.15, -0.1) is 0 Å². The van der Waals surface area contributed by atoms with E-state index in [2.05, 4.69) is 0 Å². The average molecular weight is 251 g/mol. The normalized spacial score (nSPS) is 20.2. The third-order valence-electron chi connectivity index (χ3n) is 2.98. The lowest BCUT2D eigenvalue weighted by Crippen LogP contribution is -2.38. The summed E-state index contributed by atoms with van der Waals surface area (Å²) in [7, 11) is 0. The number of carbonyl (C=O) groups excluding carboxylic acids is 1. The van der Waals surface area contributed by atoms with Crippen molar-refractivity contribution < 1.29 is 14.0 Å². The maximum atomic E-state index is 13.2. The molecule has 0 aromatic heterocycles. The maximum Gasteiger partial charge on any atom is 0.252 e. The highest BCUT2D eigenvalue weighted by Crippen LogP contribution is 2.34. The Morgan fingerprint density at radius 2 is 2.17 bits per heavy atom. The minimum Gasteiger partial charge on any atom is -0.272 e. The van der Waals surface area contributed by atoms with E-state index in [4.69, 9.17) is 4.84 Å². The van der Waals surface area contributed by atoms with Gasteiger partial charge in [-0.2, -0.15) is 0 Å². The van der Waals surface area contributed by atoms with Crippen molar-refractivity contribution >= 4 is 5.91 Å². The topological polar surface area (TPSA) is 29.5 Å². The van der Waals surface area contributed by atoms with E-state index in [1.165, 1.54) is 17.2 Å². The Hall–Kier alpha value is -1.42. The minimum absolute atomic E-state index is 0.0748. The van der Waals surface area contributed by atoms with Gasteiger partial charge < -0.3 is 0 Å². The Bertz CT molecular complexity index is 453. The second-order valence-corrected chi connectivity index (χ2v) is 5.57. The molecule has 3 nitrogen and oxygen atoms in total. The van der Waals surface area contributed by atoms with Crippen molar-refractivity contribution in [3.63, 3.8) is 0 Å². The van der Waals surface area contributed by atoms with Crippen LogP contribution in [0.25, 0.3) is 0 Å². The van der Waals surface area contributed by atoms with Crippen molar-refractivity contribution in [2.45, 2.75) is 33.2 Å². The molecule has 1 aliphatic rings. The molecule has 98 valence electrons. The van der Waals surface area contributed by atoms with Gasteiger partial charge in [0.25, 0.3) is 5.91 Å². The van der Waals surface area contributed by atoms with Crippen LogP contribution in [0.5, 0.6) is 0 Å². The molecule has 0 aliphatic carbocycles. The van der Waals surface area contributed by atoms with Gasteiger partial charge in [-0.25, -0.2) is 9.45 Å². The van der Waals surface area contributed by atoms with Crippen LogP contribution in [-0.2, 0) is 9.63 Å². The molecule has 0 radical (unpaired) electrons. The third-order valence-corrected chi connectivity index (χ3v) is 2.98. The minimum atomic E-state index is -0.504. The van der Waals surface area contributed by atoms with Crippen LogP contribution in [0.4, 0.5) is 4.39 Å². The first kappa shape index (κ1) is 13.0. The predicted octanol–water partition coefficient (Wildman–Crippen LogP) is 3.08. The van der Waals surface area contributed by atoms with Crippen LogP contribution in [0.3, 0.4) is 0 Å². The lowest BCUT2D eigenvalue weighted by molar-refractivity contribution is -0.186. The van der Waals surface area contributed by atoms with Crippen LogP contribution in [0.1, 0.15) is 38.8 Å². The third kappa shape index (κ3) is 2.53. The molecule has 1 atom stereocenters. The molecule has 1 saturated heterocycles. The molecule has 0 N–H and O–H groups in total. The fourth-order valence-corrected chi connectivity index (χ4v) is 2.02. The Kier molecular flexibility index (Phi) is 3.39. The lowest BCUT2D eigenvalue weighted by atomic mass is 9.94. The van der Waals surface area contributed by atoms with Gasteiger partial charge in [-0.1, -0.05) is 32.9 Å². The zero-order valence-electron chi connectivity index (χ0n) is 10.9. The standard InChI is InChI=1S/C14H18FNO2/c1-14(2,3)13(17)16-12(7-8-18-16)10-5-4-6-11(15)9-10/h4-6,9,12H,7-8H2,1-3H3/t12-/m1/s1. The number of hydroxylamine groups is 2. The van der Waals surface area contributed by atoms with E-state index in [0.717, 1.165) is 5.56 Å². The van der Waals surface area contributed by atoms with Crippen molar-refractivity contribution in [3.05, 3.63) is 35.6 Å². The van der Waals surface area contributed by atoms with Gasteiger partial charge >= 0.3 is 0 Å². The highest BCUT2D eigenvalue weighted by atomic mass is 19.1. The van der Waals surface area contributed by atoms with Gasteiger partial charge in [0.2, 0.25) is 0 Å². The predicted molar refractivity (Wildman–Crippen MR) is 66.0 cm³/mol. The fourth-order valence-electron chi connectivity index (χ4n) is 2.02. The second kappa shape index (κ2) is 4.69. The highest BCUT2D eigenvalue weighted by Gasteiger charge is 2.37. The number of halogens is 1. The van der Waals surface area contributed by atoms with E-state index >= 15 is 0 Å². The monoisotopic (exact) mass is 251 g/mol. The summed E-state index contributed by atoms with van der Waals surface area (Å²) in [6.07, 6.45) is 0.700. The summed E-state index contributed by atoms with van der Waals surface area (Å²) in [5, 5.41) is 1.40. The molecule has 0 spiro atoms. The van der Waals surface area contributed by atoms with Crippen LogP contribution in [-0.4, -0.2) is 17.6 Å². The molecule has 1 amide bonds. The van der Waals surface area contributed by atoms with Gasteiger partial charge in [0.15, 0.2) is 0 Å². The Morgan fingerprint density at radius 1 is 1.44 bits per heavy atom. The molecule has 1 aromatic rings. The van der Waals surface area contributed by atoms with Crippen molar-refractivity contribution in [3.8, 4) is 0 Å². The second-order valence-electron chi connectivity index (χ2n) is 5.57. The number of rotatable bonds is 1. The zero-order chi connectivity index (χ0) is 13.3. The number of hydrogen-bond donors (Lipinski definition) is 0. The molecule has 18 heavy (non-hydrogen) atoms. The molecule has 2 rings (SSSR count). The number of amides is 1. The number of carbonyl (C=O) groups is 1. The summed E-state index contributed by atoms with van der Waals surface area (Å²) in [6, 6.07) is 6.15. The number of benzene rings is 1. The van der Waals surface area contributed by atoms with Gasteiger partial charge in [0.1, 0.15) is 5.82 Å². The SMILES string of the molecule is CC(C)(C)C(=O)N1OCC[C@@H]1c1cccc(F)c1. The van der Waals surface area contributed by atoms with Crippen LogP contribution >= 0.6 is 0 Å². The van der Waals surface area contributed by atoms with Crippen molar-refractivity contribution in [1.82, 2.24) is 5.06 Å². The first-order valence-electron chi connectivity index (χ1n) is 6.11. The molecule has 0 saturated carbocycles. The van der Waals surface area contributed by atoms with Gasteiger partial charge in [0, 0.05) is 11.8 Å². The quantitative estimate of drug-likeness (QED) is 0.767. The molecule has 1 aromatic carbocycles. The number of nitrogens with zero attached hydrogens (tertiary/aromatic N) is 1. The maximum absolute atomic E-state index is 13.2. The summed E-state index contributed by atoms with van der Waals surface area (Å²) in [6.45, 7) is 6.03. The van der Waals surface area contributed by atoms with Crippen LogP contribution in [0.15, 0.2) is 24.3 Å². The molecule has 0 unspecified atom stereocenters. The van der Waals surface area contributed by atoms with Crippen molar-refractivity contribution in [2.75, 3.05) is 6.61 Å². The largest absolute Gasteiger partial charge is 0.272 e. The van der Waals surface area contributed by atoms with Gasteiger partial charge in [-0.3, -0.25) is 9.63 Å². The first-order valence-corrected chi connectivity index (χ1v) is 6.11. The van der Waals surface area contributed by atoms with Crippen LogP contribution in [0, 0.1) is 11.2 Å². The summed E-state index contributed by atoms with van der Waals surface area (Å²) < 4.78 is 13.2. The van der Waals surface area contributed by atoms with E-state index in [1.807, 2.05) is 26.8 Å². The first-order chi connectivity index (χ1) is 8.39. The van der Waals surface area contributed by atoms with E-state index in [0.29, 0.717) is 13.0 Å². The molecule has 0 bridgehead atoms. The summed E-state index contributed by atoms with van der Waals surface area (Å²) in [4.78, 5) is 17.7. The zero-order valence-corrected chi connectivity index (χ0v) is 10.9. The molecule has 1 fully saturated rings. The molecule has 1 aliphatic heterocycles. The lowest BCUT2D eigenvalue weighted by Gasteiger charge is -2.29. The van der Waals surface area contributed by atoms with Crippen LogP contribution in [0.2, 0.25) is 0 Å². The number of hydrogen-bond acceptors (Lipinski definition) is 2. The molecule has 1 heterocycles. The Balaban J connectivity index is 2.25. The van der Waals surface area contributed by atoms with E-state index in [-0.39, 0.29) is 17.8 Å². The summed E-state index contributed by atoms with van der Waals surface area (Å²) in [5.74, 6) is -0.364. The van der Waals surface area contributed by atoms with E-state index < -0.39 is 5.41 Å². The molecular weight excluding hydrogens is 233 g/mol. The Morgan fingerprint density at radius 3 is 2.78 bits per heavy atom. The fraction of sp³-hybridized carbons (Fsp3) is 0.500. The highest BCUT2D eigenvalue weighted by molar-refractivity contribution is 5.81. The van der Waals surface area contributed by atoms with Gasteiger partial charge in [0.05, 0.1) is 12.6 Å². The van der Waals surface area contributed by atoms with E-state index in [9.17, 15) is 9.18 Å². The van der Waals surface area contributed by atoms with Crippen molar-refractivity contribution in [1.29, 1.82) is 0 Å². The molecule has 4 heteroatoms. The van der Waals surface area contributed by atoms with Crippen LogP contribution < -0.4 is 0 Å².